The van der Waals surface area contributed by atoms with Crippen molar-refractivity contribution in [1.29, 1.82) is 0 Å². The maximum atomic E-state index is 12.6. The quantitative estimate of drug-likeness (QED) is 0.630. The lowest BCUT2D eigenvalue weighted by atomic mass is 10.2. The maximum Gasteiger partial charge on any atom is 0.446 e. The maximum absolute atomic E-state index is 12.6. The molecule has 0 fully saturated rings. The number of hydrogen-bond donors (Lipinski definition) is 0. The molecular formula is C15H15F3O2S3. The number of rotatable bonds is 6. The third-order valence-electron chi connectivity index (χ3n) is 3.10. The highest BCUT2D eigenvalue weighted by Crippen LogP contribution is 2.42. The van der Waals surface area contributed by atoms with Crippen molar-refractivity contribution >= 4 is 33.9 Å². The summed E-state index contributed by atoms with van der Waals surface area (Å²) in [6.45, 7) is 1.86. The van der Waals surface area contributed by atoms with Gasteiger partial charge in [-0.1, -0.05) is 12.1 Å². The van der Waals surface area contributed by atoms with Gasteiger partial charge < -0.3 is 4.74 Å². The number of benzene rings is 1. The number of methoxy groups -OCH3 is 1. The molecule has 0 unspecified atom stereocenters. The molecule has 2 aromatic rings. The molecule has 0 aliphatic heterocycles. The van der Waals surface area contributed by atoms with Crippen molar-refractivity contribution in [2.24, 2.45) is 0 Å². The average molecular weight is 380 g/mol. The number of halogens is 3. The highest BCUT2D eigenvalue weighted by atomic mass is 32.2. The van der Waals surface area contributed by atoms with Gasteiger partial charge in [0.1, 0.15) is 5.75 Å². The van der Waals surface area contributed by atoms with Crippen LogP contribution in [0.1, 0.15) is 22.6 Å². The minimum Gasteiger partial charge on any atom is -0.496 e. The summed E-state index contributed by atoms with van der Waals surface area (Å²) >= 11 is 1.30. The van der Waals surface area contributed by atoms with Crippen molar-refractivity contribution < 1.29 is 22.1 Å². The van der Waals surface area contributed by atoms with E-state index >= 15 is 0 Å². The molecule has 0 bridgehead atoms. The molecule has 1 aromatic heterocycles. The van der Waals surface area contributed by atoms with E-state index < -0.39 is 16.3 Å². The van der Waals surface area contributed by atoms with Gasteiger partial charge in [0.15, 0.2) is 0 Å². The first-order valence-corrected chi connectivity index (χ1v) is 9.71. The van der Waals surface area contributed by atoms with Crippen LogP contribution in [0.5, 0.6) is 5.75 Å². The van der Waals surface area contributed by atoms with E-state index in [2.05, 4.69) is 0 Å². The van der Waals surface area contributed by atoms with Crippen molar-refractivity contribution in [2.75, 3.05) is 7.11 Å². The SMILES string of the molecule is COc1ccc(C[S@](=O)[C@@H](C)c2cccs2)cc1SC(F)(F)F. The fraction of sp³-hybridized carbons (Fsp3) is 0.333. The lowest BCUT2D eigenvalue weighted by molar-refractivity contribution is -0.0328. The van der Waals surface area contributed by atoms with Gasteiger partial charge in [-0.2, -0.15) is 13.2 Å². The van der Waals surface area contributed by atoms with Crippen LogP contribution >= 0.6 is 23.1 Å². The molecule has 0 amide bonds. The predicted molar refractivity (Wildman–Crippen MR) is 89.5 cm³/mol. The summed E-state index contributed by atoms with van der Waals surface area (Å²) in [7, 11) is 0.120. The summed E-state index contributed by atoms with van der Waals surface area (Å²) < 4.78 is 55.2. The normalized spacial score (nSPS) is 14.5. The fourth-order valence-electron chi connectivity index (χ4n) is 1.96. The van der Waals surface area contributed by atoms with E-state index in [-0.39, 0.29) is 33.4 Å². The Morgan fingerprint density at radius 2 is 2.09 bits per heavy atom. The zero-order chi connectivity index (χ0) is 17.0. The van der Waals surface area contributed by atoms with Gasteiger partial charge in [0.2, 0.25) is 0 Å². The Balaban J connectivity index is 2.16. The van der Waals surface area contributed by atoms with Gasteiger partial charge in [0.05, 0.1) is 17.3 Å². The molecule has 126 valence electrons. The Bertz CT molecular complexity index is 669. The molecule has 23 heavy (non-hydrogen) atoms. The molecule has 0 spiro atoms. The van der Waals surface area contributed by atoms with Crippen molar-refractivity contribution in [1.82, 2.24) is 0 Å². The van der Waals surface area contributed by atoms with Crippen LogP contribution in [0.15, 0.2) is 40.6 Å². The van der Waals surface area contributed by atoms with Crippen LogP contribution in [0.25, 0.3) is 0 Å². The van der Waals surface area contributed by atoms with E-state index in [0.29, 0.717) is 5.56 Å². The molecule has 0 aliphatic carbocycles. The van der Waals surface area contributed by atoms with Crippen molar-refractivity contribution in [3.8, 4) is 5.75 Å². The summed E-state index contributed by atoms with van der Waals surface area (Å²) in [5, 5.41) is 1.75. The average Bonchev–Trinajstić information content (AvgIpc) is 2.99. The van der Waals surface area contributed by atoms with Gasteiger partial charge in [0, 0.05) is 21.4 Å². The first-order valence-electron chi connectivity index (χ1n) is 6.63. The van der Waals surface area contributed by atoms with Crippen LogP contribution in [0.2, 0.25) is 0 Å². The van der Waals surface area contributed by atoms with Crippen LogP contribution in [-0.4, -0.2) is 16.8 Å². The molecule has 0 aliphatic rings. The van der Waals surface area contributed by atoms with Crippen LogP contribution in [0.4, 0.5) is 13.2 Å². The Morgan fingerprint density at radius 3 is 2.65 bits per heavy atom. The Hall–Kier alpha value is -0.990. The van der Waals surface area contributed by atoms with Crippen LogP contribution in [0.3, 0.4) is 0 Å². The second-order valence-corrected chi connectivity index (χ2v) is 8.56. The van der Waals surface area contributed by atoms with Crippen LogP contribution in [0, 0.1) is 0 Å². The van der Waals surface area contributed by atoms with E-state index in [4.69, 9.17) is 4.74 Å². The number of ether oxygens (including phenoxy) is 1. The highest BCUT2D eigenvalue weighted by Gasteiger charge is 2.31. The number of thiophene rings is 1. The topological polar surface area (TPSA) is 26.3 Å². The van der Waals surface area contributed by atoms with Crippen LogP contribution in [-0.2, 0) is 16.6 Å². The third kappa shape index (κ3) is 5.26. The van der Waals surface area contributed by atoms with Crippen molar-refractivity contribution in [3.05, 3.63) is 46.2 Å². The first kappa shape index (κ1) is 18.4. The Kier molecular flexibility index (Phi) is 6.16. The summed E-state index contributed by atoms with van der Waals surface area (Å²) in [6, 6.07) is 8.33. The van der Waals surface area contributed by atoms with Crippen molar-refractivity contribution in [2.45, 2.75) is 28.3 Å². The molecule has 8 heteroatoms. The van der Waals surface area contributed by atoms with Crippen LogP contribution < -0.4 is 4.74 Å². The summed E-state index contributed by atoms with van der Waals surface area (Å²) in [4.78, 5) is 0.986. The smallest absolute Gasteiger partial charge is 0.446 e. The van der Waals surface area contributed by atoms with E-state index in [1.165, 1.54) is 30.6 Å². The summed E-state index contributed by atoms with van der Waals surface area (Å²) in [5.74, 6) is 0.363. The minimum absolute atomic E-state index is 0.0155. The van der Waals surface area contributed by atoms with Gasteiger partial charge in [-0.25, -0.2) is 0 Å². The number of alkyl halides is 3. The predicted octanol–water partition coefficient (Wildman–Crippen LogP) is 5.38. The van der Waals surface area contributed by atoms with Gasteiger partial charge >= 0.3 is 5.51 Å². The lowest BCUT2D eigenvalue weighted by Crippen LogP contribution is -2.05. The van der Waals surface area contributed by atoms with Gasteiger partial charge in [0.25, 0.3) is 0 Å². The second kappa shape index (κ2) is 7.72. The van der Waals surface area contributed by atoms with E-state index in [9.17, 15) is 17.4 Å². The van der Waals surface area contributed by atoms with Crippen molar-refractivity contribution in [3.63, 3.8) is 0 Å². The Labute approximate surface area is 143 Å². The molecule has 2 nitrogen and oxygen atoms in total. The zero-order valence-corrected chi connectivity index (χ0v) is 14.9. The minimum atomic E-state index is -4.39. The van der Waals surface area contributed by atoms with E-state index in [1.54, 1.807) is 6.07 Å². The molecule has 0 radical (unpaired) electrons. The molecule has 0 saturated heterocycles. The summed E-state index contributed by atoms with van der Waals surface area (Å²) in [6.07, 6.45) is 0. The highest BCUT2D eigenvalue weighted by molar-refractivity contribution is 8.00. The lowest BCUT2D eigenvalue weighted by Gasteiger charge is -2.13. The molecule has 1 heterocycles. The first-order chi connectivity index (χ1) is 10.8. The summed E-state index contributed by atoms with van der Waals surface area (Å²) in [5.41, 5.74) is -3.80. The fourth-order valence-corrected chi connectivity index (χ4v) is 4.92. The largest absolute Gasteiger partial charge is 0.496 e. The number of thioether (sulfide) groups is 1. The van der Waals surface area contributed by atoms with Gasteiger partial charge in [-0.05, 0) is 47.8 Å². The van der Waals surface area contributed by atoms with Gasteiger partial charge in [-0.15, -0.1) is 11.3 Å². The second-order valence-electron chi connectivity index (χ2n) is 4.72. The molecule has 2 rings (SSSR count). The molecule has 0 saturated carbocycles. The van der Waals surface area contributed by atoms with E-state index in [0.717, 1.165) is 4.88 Å². The van der Waals surface area contributed by atoms with Gasteiger partial charge in [-0.3, -0.25) is 4.21 Å². The zero-order valence-electron chi connectivity index (χ0n) is 12.4. The molecule has 1 aromatic carbocycles. The molecule has 0 N–H and O–H groups in total. The Morgan fingerprint density at radius 1 is 1.35 bits per heavy atom. The van der Waals surface area contributed by atoms with E-state index in [1.807, 2.05) is 24.4 Å². The third-order valence-corrected chi connectivity index (χ3v) is 6.74. The monoisotopic (exact) mass is 380 g/mol. The number of hydrogen-bond acceptors (Lipinski definition) is 4. The molecular weight excluding hydrogens is 365 g/mol. The standard InChI is InChI=1S/C15H15F3O2S3/c1-10(13-4-3-7-21-13)23(19)9-11-5-6-12(20-2)14(8-11)22-15(16,17)18/h3-8,10H,9H2,1-2H3/t10-,23-/m0/s1. The molecule has 2 atom stereocenters.